The molecule has 0 spiro atoms. The van der Waals surface area contributed by atoms with E-state index in [2.05, 4.69) is 19.9 Å². The summed E-state index contributed by atoms with van der Waals surface area (Å²) in [6.45, 7) is 6.52. The molecule has 0 aromatic heterocycles. The first-order valence-corrected chi connectivity index (χ1v) is 9.90. The van der Waals surface area contributed by atoms with E-state index in [4.69, 9.17) is 0 Å². The largest absolute Gasteiger partial charge is 0.393 e. The predicted octanol–water partition coefficient (Wildman–Crippen LogP) is 3.72. The number of allylic oxidation sites excluding steroid dienone is 4. The molecule has 3 fully saturated rings. The highest BCUT2D eigenvalue weighted by atomic mass is 16.3. The van der Waals surface area contributed by atoms with Gasteiger partial charge in [0.15, 0.2) is 5.78 Å². The van der Waals surface area contributed by atoms with Crippen molar-refractivity contribution in [1.29, 1.82) is 0 Å². The summed E-state index contributed by atoms with van der Waals surface area (Å²) < 4.78 is 0. The lowest BCUT2D eigenvalue weighted by atomic mass is 9.46. The standard InChI is InChI=1S/C22H30O3/c1-13(12-23)17-6-7-18-16-5-4-14-10-15(24)8-9-21(14,2)19(16)11-20(25)22(17,18)3/h8-10,12-13,16-20,25H,4-7,11H2,1-3H3/t13?,16-,17+,18-,19-,20+,21-,22+/m0/s1. The van der Waals surface area contributed by atoms with E-state index < -0.39 is 0 Å². The SMILES string of the molecule is CC(C=O)[C@H]1CC[C@H]2[C@@H]3CCC4=CC(=O)C=C[C@]4(C)[C@H]3C[C@@H](O)[C@]12C. The summed E-state index contributed by atoms with van der Waals surface area (Å²) in [6, 6.07) is 0. The minimum Gasteiger partial charge on any atom is -0.393 e. The van der Waals surface area contributed by atoms with Crippen molar-refractivity contribution in [2.75, 3.05) is 0 Å². The first-order valence-electron chi connectivity index (χ1n) is 9.90. The van der Waals surface area contributed by atoms with Crippen LogP contribution >= 0.6 is 0 Å². The molecule has 3 nitrogen and oxygen atoms in total. The van der Waals surface area contributed by atoms with Crippen molar-refractivity contribution in [2.24, 2.45) is 40.4 Å². The van der Waals surface area contributed by atoms with Gasteiger partial charge in [-0.25, -0.2) is 0 Å². The number of ketones is 1. The van der Waals surface area contributed by atoms with Crippen LogP contribution < -0.4 is 0 Å². The fraction of sp³-hybridized carbons (Fsp3) is 0.727. The van der Waals surface area contributed by atoms with E-state index in [0.717, 1.165) is 38.4 Å². The Hall–Kier alpha value is -1.22. The van der Waals surface area contributed by atoms with E-state index in [1.807, 2.05) is 13.0 Å². The maximum atomic E-state index is 11.8. The molecule has 0 aromatic rings. The van der Waals surface area contributed by atoms with Gasteiger partial charge in [-0.05, 0) is 67.9 Å². The summed E-state index contributed by atoms with van der Waals surface area (Å²) in [5, 5.41) is 11.2. The Balaban J connectivity index is 1.71. The van der Waals surface area contributed by atoms with Crippen LogP contribution in [0.5, 0.6) is 0 Å². The van der Waals surface area contributed by atoms with E-state index in [0.29, 0.717) is 23.7 Å². The Morgan fingerprint density at radius 1 is 1.24 bits per heavy atom. The number of carbonyl (C=O) groups is 2. The first kappa shape index (κ1) is 17.2. The number of hydrogen-bond acceptors (Lipinski definition) is 3. The summed E-state index contributed by atoms with van der Waals surface area (Å²) in [7, 11) is 0. The van der Waals surface area contributed by atoms with Gasteiger partial charge in [-0.15, -0.1) is 0 Å². The van der Waals surface area contributed by atoms with Crippen LogP contribution in [-0.4, -0.2) is 23.3 Å². The summed E-state index contributed by atoms with van der Waals surface area (Å²) in [6.07, 6.45) is 11.4. The fourth-order valence-corrected chi connectivity index (χ4v) is 7.15. The van der Waals surface area contributed by atoms with E-state index in [1.165, 1.54) is 5.57 Å². The molecule has 4 aliphatic carbocycles. The molecule has 8 atom stereocenters. The van der Waals surface area contributed by atoms with E-state index in [-0.39, 0.29) is 28.6 Å². The Labute approximate surface area is 150 Å². The van der Waals surface area contributed by atoms with E-state index in [1.54, 1.807) is 6.08 Å². The van der Waals surface area contributed by atoms with Gasteiger partial charge in [-0.3, -0.25) is 4.79 Å². The normalized spacial score (nSPS) is 49.7. The van der Waals surface area contributed by atoms with Gasteiger partial charge in [0.25, 0.3) is 0 Å². The third-order valence-corrected chi connectivity index (χ3v) is 8.58. The summed E-state index contributed by atoms with van der Waals surface area (Å²) in [5.74, 6) is 1.88. The van der Waals surface area contributed by atoms with Crippen LogP contribution in [0.1, 0.15) is 52.9 Å². The minimum atomic E-state index is -0.365. The lowest BCUT2D eigenvalue weighted by molar-refractivity contribution is -0.136. The van der Waals surface area contributed by atoms with E-state index in [9.17, 15) is 14.7 Å². The summed E-state index contributed by atoms with van der Waals surface area (Å²) in [4.78, 5) is 23.3. The molecule has 4 rings (SSSR count). The lowest BCUT2D eigenvalue weighted by Gasteiger charge is -2.59. The summed E-state index contributed by atoms with van der Waals surface area (Å²) >= 11 is 0. The number of carbonyl (C=O) groups excluding carboxylic acids is 2. The van der Waals surface area contributed by atoms with Crippen LogP contribution in [0.4, 0.5) is 0 Å². The zero-order chi connectivity index (χ0) is 18.0. The van der Waals surface area contributed by atoms with Crippen LogP contribution in [0.25, 0.3) is 0 Å². The van der Waals surface area contributed by atoms with Crippen LogP contribution in [0.3, 0.4) is 0 Å². The molecular formula is C22H30O3. The van der Waals surface area contributed by atoms with Crippen molar-refractivity contribution >= 4 is 12.1 Å². The van der Waals surface area contributed by atoms with Gasteiger partial charge >= 0.3 is 0 Å². The molecule has 3 saturated carbocycles. The van der Waals surface area contributed by atoms with Crippen LogP contribution in [0, 0.1) is 40.4 Å². The third-order valence-electron chi connectivity index (χ3n) is 8.58. The highest BCUT2D eigenvalue weighted by Gasteiger charge is 2.62. The second kappa shape index (κ2) is 5.64. The molecule has 4 aliphatic rings. The number of hydrogen-bond donors (Lipinski definition) is 1. The number of aliphatic hydroxyl groups is 1. The van der Waals surface area contributed by atoms with Crippen molar-refractivity contribution in [1.82, 2.24) is 0 Å². The zero-order valence-electron chi connectivity index (χ0n) is 15.6. The number of fused-ring (bicyclic) bond motifs is 5. The molecule has 136 valence electrons. The number of rotatable bonds is 2. The molecule has 1 unspecified atom stereocenters. The van der Waals surface area contributed by atoms with Crippen LogP contribution in [0.15, 0.2) is 23.8 Å². The van der Waals surface area contributed by atoms with Crippen molar-refractivity contribution in [3.8, 4) is 0 Å². The van der Waals surface area contributed by atoms with Crippen LogP contribution in [0.2, 0.25) is 0 Å². The van der Waals surface area contributed by atoms with Gasteiger partial charge in [0.2, 0.25) is 0 Å². The van der Waals surface area contributed by atoms with Crippen molar-refractivity contribution in [3.63, 3.8) is 0 Å². The molecule has 0 aromatic carbocycles. The molecule has 0 radical (unpaired) electrons. The minimum absolute atomic E-state index is 0.0167. The van der Waals surface area contributed by atoms with Gasteiger partial charge in [-0.1, -0.05) is 32.4 Å². The topological polar surface area (TPSA) is 54.4 Å². The molecular weight excluding hydrogens is 312 g/mol. The Kier molecular flexibility index (Phi) is 3.88. The van der Waals surface area contributed by atoms with Gasteiger partial charge in [0.05, 0.1) is 6.10 Å². The molecule has 0 bridgehead atoms. The second-order valence-electron chi connectivity index (χ2n) is 9.40. The van der Waals surface area contributed by atoms with Crippen molar-refractivity contribution in [2.45, 2.75) is 59.0 Å². The quantitative estimate of drug-likeness (QED) is 0.778. The Bertz CT molecular complexity index is 662. The van der Waals surface area contributed by atoms with Gasteiger partial charge in [-0.2, -0.15) is 0 Å². The molecule has 0 saturated heterocycles. The molecule has 3 heteroatoms. The lowest BCUT2D eigenvalue weighted by Crippen LogP contribution is -2.56. The number of aliphatic hydroxyl groups excluding tert-OH is 1. The van der Waals surface area contributed by atoms with Crippen LogP contribution in [-0.2, 0) is 9.59 Å². The first-order chi connectivity index (χ1) is 11.8. The average molecular weight is 342 g/mol. The fourth-order valence-electron chi connectivity index (χ4n) is 7.15. The number of aldehydes is 1. The second-order valence-corrected chi connectivity index (χ2v) is 9.40. The van der Waals surface area contributed by atoms with Gasteiger partial charge in [0.1, 0.15) is 6.29 Å². The highest BCUT2D eigenvalue weighted by molar-refractivity contribution is 6.01. The van der Waals surface area contributed by atoms with Gasteiger partial charge in [0, 0.05) is 16.7 Å². The third kappa shape index (κ3) is 2.21. The zero-order valence-corrected chi connectivity index (χ0v) is 15.6. The Morgan fingerprint density at radius 3 is 2.72 bits per heavy atom. The maximum absolute atomic E-state index is 11.8. The van der Waals surface area contributed by atoms with E-state index >= 15 is 0 Å². The molecule has 25 heavy (non-hydrogen) atoms. The van der Waals surface area contributed by atoms with Gasteiger partial charge < -0.3 is 9.90 Å². The smallest absolute Gasteiger partial charge is 0.178 e. The van der Waals surface area contributed by atoms with Crippen molar-refractivity contribution < 1.29 is 14.7 Å². The average Bonchev–Trinajstić information content (AvgIpc) is 2.95. The molecule has 0 heterocycles. The predicted molar refractivity (Wildman–Crippen MR) is 96.7 cm³/mol. The highest BCUT2D eigenvalue weighted by Crippen LogP contribution is 2.66. The Morgan fingerprint density at radius 2 is 2.00 bits per heavy atom. The molecule has 1 N–H and O–H groups in total. The molecule has 0 amide bonds. The molecule has 0 aliphatic heterocycles. The maximum Gasteiger partial charge on any atom is 0.178 e. The summed E-state index contributed by atoms with van der Waals surface area (Å²) in [5.41, 5.74) is 1.02. The van der Waals surface area contributed by atoms with Crippen molar-refractivity contribution in [3.05, 3.63) is 23.8 Å². The monoisotopic (exact) mass is 342 g/mol.